The molecule has 0 saturated heterocycles. The zero-order chi connectivity index (χ0) is 13.9. The summed E-state index contributed by atoms with van der Waals surface area (Å²) in [4.78, 5) is 0. The molecule has 104 valence electrons. The van der Waals surface area contributed by atoms with Gasteiger partial charge in [0.05, 0.1) is 7.11 Å². The zero-order valence-corrected chi connectivity index (χ0v) is 12.1. The molecular formula is C18H21NO. The Bertz CT molecular complexity index is 576. The number of hydrogen-bond acceptors (Lipinski definition) is 2. The van der Waals surface area contributed by atoms with E-state index in [4.69, 9.17) is 4.74 Å². The lowest BCUT2D eigenvalue weighted by atomic mass is 9.71. The first-order chi connectivity index (χ1) is 9.83. The molecule has 1 N–H and O–H groups in total. The van der Waals surface area contributed by atoms with E-state index in [9.17, 15) is 0 Å². The SMILES string of the molecule is CCNC(c1ccc(OC)cc1)C1Cc2ccccc21. The van der Waals surface area contributed by atoms with Crippen molar-refractivity contribution in [2.45, 2.75) is 25.3 Å². The molecule has 0 saturated carbocycles. The molecule has 2 nitrogen and oxygen atoms in total. The molecular weight excluding hydrogens is 246 g/mol. The summed E-state index contributed by atoms with van der Waals surface area (Å²) in [6, 6.07) is 17.6. The minimum absolute atomic E-state index is 0.390. The van der Waals surface area contributed by atoms with E-state index >= 15 is 0 Å². The van der Waals surface area contributed by atoms with Crippen LogP contribution in [0.3, 0.4) is 0 Å². The number of fused-ring (bicyclic) bond motifs is 1. The van der Waals surface area contributed by atoms with Crippen LogP contribution in [0.4, 0.5) is 0 Å². The Morgan fingerprint density at radius 2 is 1.90 bits per heavy atom. The summed E-state index contributed by atoms with van der Waals surface area (Å²) in [7, 11) is 1.71. The van der Waals surface area contributed by atoms with E-state index in [1.165, 1.54) is 23.1 Å². The molecule has 0 radical (unpaired) electrons. The van der Waals surface area contributed by atoms with Gasteiger partial charge in [0.1, 0.15) is 5.75 Å². The molecule has 0 heterocycles. The minimum Gasteiger partial charge on any atom is -0.497 e. The Balaban J connectivity index is 1.86. The lowest BCUT2D eigenvalue weighted by molar-refractivity contribution is 0.409. The van der Waals surface area contributed by atoms with Gasteiger partial charge in [-0.2, -0.15) is 0 Å². The second-order valence-electron chi connectivity index (χ2n) is 5.32. The van der Waals surface area contributed by atoms with E-state index in [0.717, 1.165) is 12.3 Å². The van der Waals surface area contributed by atoms with Crippen LogP contribution in [0.5, 0.6) is 5.75 Å². The number of ether oxygens (including phenoxy) is 1. The predicted octanol–water partition coefficient (Wildman–Crippen LogP) is 3.69. The van der Waals surface area contributed by atoms with Gasteiger partial charge in [-0.3, -0.25) is 0 Å². The smallest absolute Gasteiger partial charge is 0.118 e. The second-order valence-corrected chi connectivity index (χ2v) is 5.32. The van der Waals surface area contributed by atoms with Crippen LogP contribution in [0.1, 0.15) is 35.6 Å². The van der Waals surface area contributed by atoms with Crippen LogP contribution >= 0.6 is 0 Å². The first-order valence-electron chi connectivity index (χ1n) is 7.28. The Kier molecular flexibility index (Phi) is 3.75. The van der Waals surface area contributed by atoms with E-state index in [1.54, 1.807) is 7.11 Å². The van der Waals surface area contributed by atoms with Gasteiger partial charge >= 0.3 is 0 Å². The van der Waals surface area contributed by atoms with E-state index in [0.29, 0.717) is 12.0 Å². The van der Waals surface area contributed by atoms with Crippen molar-refractivity contribution in [3.05, 3.63) is 65.2 Å². The Morgan fingerprint density at radius 1 is 1.15 bits per heavy atom. The molecule has 2 aromatic rings. The Labute approximate surface area is 120 Å². The molecule has 2 aromatic carbocycles. The molecule has 1 aliphatic rings. The highest BCUT2D eigenvalue weighted by molar-refractivity contribution is 5.43. The molecule has 2 unspecified atom stereocenters. The van der Waals surface area contributed by atoms with Crippen molar-refractivity contribution < 1.29 is 4.74 Å². The third-order valence-corrected chi connectivity index (χ3v) is 4.20. The minimum atomic E-state index is 0.390. The summed E-state index contributed by atoms with van der Waals surface area (Å²) in [5.74, 6) is 1.50. The summed E-state index contributed by atoms with van der Waals surface area (Å²) in [5, 5.41) is 3.64. The summed E-state index contributed by atoms with van der Waals surface area (Å²) in [6.45, 7) is 3.15. The van der Waals surface area contributed by atoms with Crippen molar-refractivity contribution in [1.29, 1.82) is 0 Å². The van der Waals surface area contributed by atoms with Crippen molar-refractivity contribution in [3.63, 3.8) is 0 Å². The van der Waals surface area contributed by atoms with E-state index in [-0.39, 0.29) is 0 Å². The summed E-state index contributed by atoms with van der Waals surface area (Å²) >= 11 is 0. The molecule has 2 heteroatoms. The first kappa shape index (κ1) is 13.2. The molecule has 0 amide bonds. The topological polar surface area (TPSA) is 21.3 Å². The van der Waals surface area contributed by atoms with Gasteiger partial charge in [0, 0.05) is 12.0 Å². The molecule has 2 atom stereocenters. The monoisotopic (exact) mass is 267 g/mol. The van der Waals surface area contributed by atoms with Crippen LogP contribution in [0, 0.1) is 0 Å². The van der Waals surface area contributed by atoms with Crippen molar-refractivity contribution in [2.75, 3.05) is 13.7 Å². The van der Waals surface area contributed by atoms with Crippen molar-refractivity contribution in [1.82, 2.24) is 5.32 Å². The average Bonchev–Trinajstić information content (AvgIpc) is 2.48. The Hall–Kier alpha value is -1.80. The number of rotatable bonds is 5. The molecule has 0 spiro atoms. The van der Waals surface area contributed by atoms with Gasteiger partial charge in [-0.1, -0.05) is 43.3 Å². The molecule has 0 fully saturated rings. The normalized spacial score (nSPS) is 18.0. The van der Waals surface area contributed by atoms with E-state index in [2.05, 4.69) is 48.6 Å². The zero-order valence-electron chi connectivity index (χ0n) is 12.1. The molecule has 20 heavy (non-hydrogen) atoms. The maximum absolute atomic E-state index is 5.25. The second kappa shape index (κ2) is 5.68. The van der Waals surface area contributed by atoms with E-state index < -0.39 is 0 Å². The fourth-order valence-corrected chi connectivity index (χ4v) is 3.12. The quantitative estimate of drug-likeness (QED) is 0.892. The summed E-state index contributed by atoms with van der Waals surface area (Å²) < 4.78 is 5.25. The number of benzene rings is 2. The first-order valence-corrected chi connectivity index (χ1v) is 7.28. The van der Waals surface area contributed by atoms with Crippen LogP contribution in [-0.4, -0.2) is 13.7 Å². The van der Waals surface area contributed by atoms with Crippen molar-refractivity contribution in [2.24, 2.45) is 0 Å². The van der Waals surface area contributed by atoms with Crippen LogP contribution in [0.2, 0.25) is 0 Å². The highest BCUT2D eigenvalue weighted by Gasteiger charge is 2.33. The maximum atomic E-state index is 5.25. The van der Waals surface area contributed by atoms with Gasteiger partial charge in [-0.15, -0.1) is 0 Å². The van der Waals surface area contributed by atoms with Crippen molar-refractivity contribution >= 4 is 0 Å². The Morgan fingerprint density at radius 3 is 2.55 bits per heavy atom. The number of methoxy groups -OCH3 is 1. The average molecular weight is 267 g/mol. The summed E-state index contributed by atoms with van der Waals surface area (Å²) in [5.41, 5.74) is 4.33. The van der Waals surface area contributed by atoms with Gasteiger partial charge in [0.25, 0.3) is 0 Å². The highest BCUT2D eigenvalue weighted by atomic mass is 16.5. The van der Waals surface area contributed by atoms with Crippen LogP contribution < -0.4 is 10.1 Å². The molecule has 0 aromatic heterocycles. The van der Waals surface area contributed by atoms with Crippen LogP contribution in [0.15, 0.2) is 48.5 Å². The predicted molar refractivity (Wildman–Crippen MR) is 82.3 cm³/mol. The fraction of sp³-hybridized carbons (Fsp3) is 0.333. The maximum Gasteiger partial charge on any atom is 0.118 e. The largest absolute Gasteiger partial charge is 0.497 e. The number of hydrogen-bond donors (Lipinski definition) is 1. The lowest BCUT2D eigenvalue weighted by Gasteiger charge is -2.37. The summed E-state index contributed by atoms with van der Waals surface area (Å²) in [6.07, 6.45) is 1.17. The van der Waals surface area contributed by atoms with Crippen LogP contribution in [0.25, 0.3) is 0 Å². The number of likely N-dealkylation sites (N-methyl/N-ethyl adjacent to an activating group) is 1. The standard InChI is InChI=1S/C18H21NO/c1-3-19-18(13-8-10-15(20-2)11-9-13)17-12-14-6-4-5-7-16(14)17/h4-11,17-19H,3,12H2,1-2H3. The molecule has 0 aliphatic heterocycles. The lowest BCUT2D eigenvalue weighted by Crippen LogP contribution is -2.33. The van der Waals surface area contributed by atoms with Gasteiger partial charge in [0.15, 0.2) is 0 Å². The van der Waals surface area contributed by atoms with Crippen molar-refractivity contribution in [3.8, 4) is 5.75 Å². The van der Waals surface area contributed by atoms with Gasteiger partial charge < -0.3 is 10.1 Å². The number of nitrogens with one attached hydrogen (secondary N) is 1. The van der Waals surface area contributed by atoms with Gasteiger partial charge in [0.2, 0.25) is 0 Å². The van der Waals surface area contributed by atoms with Gasteiger partial charge in [-0.05, 0) is 41.8 Å². The fourth-order valence-electron chi connectivity index (χ4n) is 3.12. The van der Waals surface area contributed by atoms with E-state index in [1.807, 2.05) is 12.1 Å². The molecule has 1 aliphatic carbocycles. The van der Waals surface area contributed by atoms with Crippen LogP contribution in [-0.2, 0) is 6.42 Å². The molecule has 0 bridgehead atoms. The van der Waals surface area contributed by atoms with Gasteiger partial charge in [-0.25, -0.2) is 0 Å². The highest BCUT2D eigenvalue weighted by Crippen LogP contribution is 2.43. The molecule has 3 rings (SSSR count). The third kappa shape index (κ3) is 2.32. The third-order valence-electron chi connectivity index (χ3n) is 4.20.